The summed E-state index contributed by atoms with van der Waals surface area (Å²) in [5.41, 5.74) is -0.125. The molecular formula is C15H14N2O6S. The van der Waals surface area contributed by atoms with E-state index in [1.807, 2.05) is 0 Å². The molecule has 0 saturated heterocycles. The lowest BCUT2D eigenvalue weighted by atomic mass is 10.1. The number of hydrogen-bond acceptors (Lipinski definition) is 6. The standard InChI is InChI=1S/C15H14N2O6S/c1-10(18)12-5-3-4-6-13(12)16-24(21,22)15-9-11(17(19)20)7-8-14(15)23-2/h3-9,16H,1-2H3. The number of hydrogen-bond donors (Lipinski definition) is 1. The Morgan fingerprint density at radius 1 is 1.21 bits per heavy atom. The van der Waals surface area contributed by atoms with Gasteiger partial charge in [-0.1, -0.05) is 12.1 Å². The van der Waals surface area contributed by atoms with Crippen LogP contribution < -0.4 is 9.46 Å². The molecule has 0 spiro atoms. The Labute approximate surface area is 138 Å². The van der Waals surface area contributed by atoms with Crippen molar-refractivity contribution in [2.75, 3.05) is 11.8 Å². The van der Waals surface area contributed by atoms with Gasteiger partial charge in [0.15, 0.2) is 5.78 Å². The molecule has 8 nitrogen and oxygen atoms in total. The second kappa shape index (κ2) is 6.67. The van der Waals surface area contributed by atoms with E-state index >= 15 is 0 Å². The van der Waals surface area contributed by atoms with Crippen LogP contribution in [-0.2, 0) is 10.0 Å². The van der Waals surface area contributed by atoms with Gasteiger partial charge in [-0.3, -0.25) is 19.6 Å². The average Bonchev–Trinajstić information content (AvgIpc) is 2.54. The van der Waals surface area contributed by atoms with Crippen LogP contribution in [0.3, 0.4) is 0 Å². The minimum Gasteiger partial charge on any atom is -0.495 e. The van der Waals surface area contributed by atoms with Crippen molar-refractivity contribution in [1.29, 1.82) is 0 Å². The van der Waals surface area contributed by atoms with Gasteiger partial charge in [-0.2, -0.15) is 0 Å². The number of para-hydroxylation sites is 1. The third-order valence-corrected chi connectivity index (χ3v) is 4.58. The first kappa shape index (κ1) is 17.4. The van der Waals surface area contributed by atoms with Crippen molar-refractivity contribution in [3.8, 4) is 5.75 Å². The van der Waals surface area contributed by atoms with Gasteiger partial charge in [0, 0.05) is 17.7 Å². The van der Waals surface area contributed by atoms with Gasteiger partial charge in [-0.25, -0.2) is 8.42 Å². The molecule has 0 radical (unpaired) electrons. The molecule has 0 bridgehead atoms. The van der Waals surface area contributed by atoms with Gasteiger partial charge in [-0.05, 0) is 25.1 Å². The van der Waals surface area contributed by atoms with E-state index < -0.39 is 25.5 Å². The third kappa shape index (κ3) is 3.51. The Morgan fingerprint density at radius 3 is 2.46 bits per heavy atom. The molecule has 2 aromatic carbocycles. The summed E-state index contributed by atoms with van der Waals surface area (Å²) in [5.74, 6) is -0.368. The predicted octanol–water partition coefficient (Wildman–Crippen LogP) is 2.61. The monoisotopic (exact) mass is 350 g/mol. The number of benzene rings is 2. The largest absolute Gasteiger partial charge is 0.495 e. The molecule has 0 saturated carbocycles. The number of sulfonamides is 1. The number of nitrogens with zero attached hydrogens (tertiary/aromatic N) is 1. The highest BCUT2D eigenvalue weighted by atomic mass is 32.2. The number of carbonyl (C=O) groups is 1. The number of ketones is 1. The Balaban J connectivity index is 2.54. The van der Waals surface area contributed by atoms with Crippen LogP contribution in [0.15, 0.2) is 47.4 Å². The lowest BCUT2D eigenvalue weighted by Gasteiger charge is -2.13. The summed E-state index contributed by atoms with van der Waals surface area (Å²) in [7, 11) is -2.95. The van der Waals surface area contributed by atoms with Crippen molar-refractivity contribution in [2.45, 2.75) is 11.8 Å². The molecule has 0 aliphatic heterocycles. The first-order valence-electron chi connectivity index (χ1n) is 6.71. The molecule has 24 heavy (non-hydrogen) atoms. The first-order valence-corrected chi connectivity index (χ1v) is 8.20. The number of Topliss-reactive ketones (excluding diaryl/α,β-unsaturated/α-hetero) is 1. The van der Waals surface area contributed by atoms with Crippen LogP contribution in [0, 0.1) is 10.1 Å². The maximum Gasteiger partial charge on any atom is 0.271 e. The molecule has 0 aromatic heterocycles. The van der Waals surface area contributed by atoms with E-state index in [1.165, 1.54) is 32.2 Å². The number of methoxy groups -OCH3 is 1. The highest BCUT2D eigenvalue weighted by Crippen LogP contribution is 2.30. The van der Waals surface area contributed by atoms with Gasteiger partial charge in [0.05, 0.1) is 17.7 Å². The van der Waals surface area contributed by atoms with Gasteiger partial charge >= 0.3 is 0 Å². The zero-order chi connectivity index (χ0) is 17.9. The highest BCUT2D eigenvalue weighted by Gasteiger charge is 2.24. The van der Waals surface area contributed by atoms with E-state index in [1.54, 1.807) is 12.1 Å². The summed E-state index contributed by atoms with van der Waals surface area (Å²) in [4.78, 5) is 21.4. The lowest BCUT2D eigenvalue weighted by molar-refractivity contribution is -0.385. The number of nitrogens with one attached hydrogen (secondary N) is 1. The summed E-state index contributed by atoms with van der Waals surface area (Å²) in [6.07, 6.45) is 0. The Hall–Kier alpha value is -2.94. The minimum absolute atomic E-state index is 0.0478. The number of ether oxygens (including phenoxy) is 1. The van der Waals surface area contributed by atoms with Crippen molar-refractivity contribution < 1.29 is 22.9 Å². The Bertz CT molecular complexity index is 908. The Kier molecular flexibility index (Phi) is 4.84. The second-order valence-electron chi connectivity index (χ2n) is 4.80. The fourth-order valence-electron chi connectivity index (χ4n) is 2.07. The summed E-state index contributed by atoms with van der Waals surface area (Å²) in [6.45, 7) is 1.31. The van der Waals surface area contributed by atoms with Crippen molar-refractivity contribution in [3.63, 3.8) is 0 Å². The van der Waals surface area contributed by atoms with Crippen LogP contribution in [0.4, 0.5) is 11.4 Å². The molecule has 0 aliphatic carbocycles. The predicted molar refractivity (Wildman–Crippen MR) is 86.9 cm³/mol. The molecule has 0 atom stereocenters. The third-order valence-electron chi connectivity index (χ3n) is 3.20. The topological polar surface area (TPSA) is 116 Å². The maximum absolute atomic E-state index is 12.6. The normalized spacial score (nSPS) is 10.9. The Morgan fingerprint density at radius 2 is 1.88 bits per heavy atom. The zero-order valence-electron chi connectivity index (χ0n) is 12.8. The van der Waals surface area contributed by atoms with E-state index in [9.17, 15) is 23.3 Å². The quantitative estimate of drug-likeness (QED) is 0.486. The molecule has 1 N–H and O–H groups in total. The van der Waals surface area contributed by atoms with Crippen LogP contribution in [-0.4, -0.2) is 26.2 Å². The molecule has 9 heteroatoms. The zero-order valence-corrected chi connectivity index (χ0v) is 13.7. The van der Waals surface area contributed by atoms with Crippen molar-refractivity contribution in [2.24, 2.45) is 0 Å². The summed E-state index contributed by atoms with van der Waals surface area (Å²) < 4.78 is 32.5. The van der Waals surface area contributed by atoms with Crippen LogP contribution in [0.25, 0.3) is 0 Å². The summed E-state index contributed by atoms with van der Waals surface area (Å²) >= 11 is 0. The van der Waals surface area contributed by atoms with Gasteiger partial charge in [0.2, 0.25) is 0 Å². The van der Waals surface area contributed by atoms with Crippen LogP contribution in [0.5, 0.6) is 5.75 Å². The van der Waals surface area contributed by atoms with E-state index in [0.29, 0.717) is 0 Å². The number of carbonyl (C=O) groups excluding carboxylic acids is 1. The van der Waals surface area contributed by atoms with E-state index in [4.69, 9.17) is 4.74 Å². The van der Waals surface area contributed by atoms with Crippen molar-refractivity contribution in [1.82, 2.24) is 0 Å². The minimum atomic E-state index is -4.20. The first-order chi connectivity index (χ1) is 11.3. The van der Waals surface area contributed by atoms with E-state index in [0.717, 1.165) is 12.1 Å². The van der Waals surface area contributed by atoms with Crippen LogP contribution in [0.1, 0.15) is 17.3 Å². The molecule has 0 fully saturated rings. The number of anilines is 1. The molecule has 126 valence electrons. The van der Waals surface area contributed by atoms with Crippen LogP contribution >= 0.6 is 0 Å². The van der Waals surface area contributed by atoms with Gasteiger partial charge in [0.1, 0.15) is 10.6 Å². The molecule has 0 heterocycles. The number of rotatable bonds is 6. The lowest BCUT2D eigenvalue weighted by Crippen LogP contribution is -2.16. The van der Waals surface area contributed by atoms with E-state index in [-0.39, 0.29) is 22.8 Å². The van der Waals surface area contributed by atoms with Gasteiger partial charge in [0.25, 0.3) is 15.7 Å². The molecule has 0 unspecified atom stereocenters. The average molecular weight is 350 g/mol. The van der Waals surface area contributed by atoms with Gasteiger partial charge < -0.3 is 4.74 Å². The number of non-ortho nitro benzene ring substituents is 1. The maximum atomic E-state index is 12.6. The molecule has 0 amide bonds. The van der Waals surface area contributed by atoms with Crippen LogP contribution in [0.2, 0.25) is 0 Å². The molecule has 2 rings (SSSR count). The fourth-order valence-corrected chi connectivity index (χ4v) is 3.34. The van der Waals surface area contributed by atoms with E-state index in [2.05, 4.69) is 4.72 Å². The van der Waals surface area contributed by atoms with Crippen molar-refractivity contribution >= 4 is 27.2 Å². The van der Waals surface area contributed by atoms with Crippen molar-refractivity contribution in [3.05, 3.63) is 58.1 Å². The number of nitro groups is 1. The highest BCUT2D eigenvalue weighted by molar-refractivity contribution is 7.92. The molecule has 0 aliphatic rings. The summed E-state index contributed by atoms with van der Waals surface area (Å²) in [5, 5.41) is 10.9. The number of nitro benzene ring substituents is 1. The summed E-state index contributed by atoms with van der Waals surface area (Å²) in [6, 6.07) is 9.31. The fraction of sp³-hybridized carbons (Fsp3) is 0.133. The molecular weight excluding hydrogens is 336 g/mol. The SMILES string of the molecule is COc1ccc([N+](=O)[O-])cc1S(=O)(=O)Nc1ccccc1C(C)=O. The smallest absolute Gasteiger partial charge is 0.271 e. The van der Waals surface area contributed by atoms with Gasteiger partial charge in [-0.15, -0.1) is 0 Å². The second-order valence-corrected chi connectivity index (χ2v) is 6.45. The molecule has 2 aromatic rings.